The second-order valence-electron chi connectivity index (χ2n) is 6.21. The largest absolute Gasteiger partial charge is 0.383 e. The molecule has 0 bridgehead atoms. The van der Waals surface area contributed by atoms with Crippen LogP contribution in [0.15, 0.2) is 36.4 Å². The van der Waals surface area contributed by atoms with Gasteiger partial charge in [0.1, 0.15) is 0 Å². The van der Waals surface area contributed by atoms with Gasteiger partial charge in [-0.15, -0.1) is 36.2 Å². The van der Waals surface area contributed by atoms with Gasteiger partial charge in [0, 0.05) is 32.7 Å². The van der Waals surface area contributed by atoms with Crippen molar-refractivity contribution in [1.29, 1.82) is 0 Å². The third kappa shape index (κ3) is 6.43. The molecule has 27 heavy (non-hydrogen) atoms. The van der Waals surface area contributed by atoms with Crippen molar-refractivity contribution in [2.75, 3.05) is 33.4 Å². The molecule has 0 saturated carbocycles. The maximum absolute atomic E-state index is 12.7. The van der Waals surface area contributed by atoms with Gasteiger partial charge in [0.05, 0.1) is 27.7 Å². The van der Waals surface area contributed by atoms with Gasteiger partial charge in [-0.25, -0.2) is 4.98 Å². The highest BCUT2D eigenvalue weighted by molar-refractivity contribution is 7.18. The van der Waals surface area contributed by atoms with Crippen LogP contribution in [-0.2, 0) is 9.53 Å². The van der Waals surface area contributed by atoms with Gasteiger partial charge in [-0.05, 0) is 25.0 Å². The molecule has 2 aromatic rings. The van der Waals surface area contributed by atoms with E-state index in [0.29, 0.717) is 13.2 Å². The third-order valence-electron chi connectivity index (χ3n) is 4.48. The van der Waals surface area contributed by atoms with Crippen LogP contribution in [0.25, 0.3) is 10.2 Å². The molecule has 1 aliphatic carbocycles. The van der Waals surface area contributed by atoms with Gasteiger partial charge in [0.2, 0.25) is 5.91 Å². The van der Waals surface area contributed by atoms with E-state index in [-0.39, 0.29) is 42.6 Å². The van der Waals surface area contributed by atoms with Crippen molar-refractivity contribution in [3.05, 3.63) is 41.4 Å². The molecule has 5 nitrogen and oxygen atoms in total. The number of thiazole rings is 1. The number of allylic oxidation sites excluding steroid dienone is 2. The Morgan fingerprint density at radius 2 is 1.96 bits per heavy atom. The average molecular weight is 432 g/mol. The van der Waals surface area contributed by atoms with E-state index in [0.717, 1.165) is 36.5 Å². The van der Waals surface area contributed by atoms with Gasteiger partial charge in [-0.3, -0.25) is 4.79 Å². The summed E-state index contributed by atoms with van der Waals surface area (Å²) in [5, 5.41) is 7.38. The van der Waals surface area contributed by atoms with Gasteiger partial charge < -0.3 is 15.4 Å². The first-order valence-corrected chi connectivity index (χ1v) is 9.59. The predicted octanol–water partition coefficient (Wildman–Crippen LogP) is 3.54. The molecule has 1 heterocycles. The first kappa shape index (κ1) is 23.9. The Kier molecular flexibility index (Phi) is 10.9. The van der Waals surface area contributed by atoms with Crippen molar-refractivity contribution in [3.8, 4) is 0 Å². The molecule has 0 fully saturated rings. The van der Waals surface area contributed by atoms with Crippen molar-refractivity contribution >= 4 is 52.3 Å². The minimum Gasteiger partial charge on any atom is -0.383 e. The number of methoxy groups -OCH3 is 1. The summed E-state index contributed by atoms with van der Waals surface area (Å²) < 4.78 is 6.18. The average Bonchev–Trinajstić information content (AvgIpc) is 3.08. The molecular formula is C19H27Cl2N3O2S. The van der Waals surface area contributed by atoms with Crippen molar-refractivity contribution in [2.24, 2.45) is 5.92 Å². The van der Waals surface area contributed by atoms with E-state index < -0.39 is 0 Å². The summed E-state index contributed by atoms with van der Waals surface area (Å²) in [6.45, 7) is 2.87. The van der Waals surface area contributed by atoms with E-state index in [1.54, 1.807) is 18.4 Å². The Hall–Kier alpha value is -1.18. The van der Waals surface area contributed by atoms with Crippen molar-refractivity contribution < 1.29 is 9.53 Å². The molecule has 1 amide bonds. The van der Waals surface area contributed by atoms with Crippen LogP contribution >= 0.6 is 36.2 Å². The van der Waals surface area contributed by atoms with E-state index in [1.807, 2.05) is 18.2 Å². The summed E-state index contributed by atoms with van der Waals surface area (Å²) in [5.74, 6) is 0.260. The fourth-order valence-electron chi connectivity index (χ4n) is 3.13. The summed E-state index contributed by atoms with van der Waals surface area (Å²) in [6, 6.07) is 8.17. The maximum atomic E-state index is 12.7. The van der Waals surface area contributed by atoms with E-state index in [2.05, 4.69) is 28.9 Å². The lowest BCUT2D eigenvalue weighted by Gasteiger charge is -2.26. The lowest BCUT2D eigenvalue weighted by Crippen LogP contribution is -2.39. The molecule has 0 saturated heterocycles. The maximum Gasteiger partial charge on any atom is 0.224 e. The smallest absolute Gasteiger partial charge is 0.224 e. The second kappa shape index (κ2) is 12.3. The van der Waals surface area contributed by atoms with Gasteiger partial charge in [0.25, 0.3) is 0 Å². The lowest BCUT2D eigenvalue weighted by molar-refractivity contribution is -0.125. The Bertz CT molecular complexity index is 706. The molecule has 2 N–H and O–H groups in total. The van der Waals surface area contributed by atoms with Crippen LogP contribution in [0.3, 0.4) is 0 Å². The molecule has 0 aliphatic heterocycles. The molecule has 0 radical (unpaired) electrons. The minimum atomic E-state index is -0.0375. The summed E-state index contributed by atoms with van der Waals surface area (Å²) in [7, 11) is 1.68. The topological polar surface area (TPSA) is 63.2 Å². The predicted molar refractivity (Wildman–Crippen MR) is 116 cm³/mol. The fourth-order valence-corrected chi connectivity index (χ4v) is 4.28. The van der Waals surface area contributed by atoms with Gasteiger partial charge in [0.15, 0.2) is 0 Å². The number of aromatic nitrogens is 1. The lowest BCUT2D eigenvalue weighted by atomic mass is 9.82. The number of para-hydroxylation sites is 1. The molecule has 2 unspecified atom stereocenters. The molecule has 1 aliphatic rings. The van der Waals surface area contributed by atoms with Crippen LogP contribution in [-0.4, -0.2) is 44.2 Å². The fraction of sp³-hybridized carbons (Fsp3) is 0.474. The van der Waals surface area contributed by atoms with Crippen molar-refractivity contribution in [2.45, 2.75) is 18.8 Å². The molecule has 3 rings (SSSR count). The van der Waals surface area contributed by atoms with Crippen molar-refractivity contribution in [3.63, 3.8) is 0 Å². The molecule has 2 atom stereocenters. The van der Waals surface area contributed by atoms with Crippen LogP contribution in [0, 0.1) is 5.92 Å². The zero-order valence-electron chi connectivity index (χ0n) is 15.3. The molecule has 1 aromatic carbocycles. The number of carbonyl (C=O) groups excluding carboxylic acids is 1. The number of hydrogen-bond donors (Lipinski definition) is 2. The van der Waals surface area contributed by atoms with Gasteiger partial charge in [-0.1, -0.05) is 24.3 Å². The molecule has 0 spiro atoms. The number of carbonyl (C=O) groups is 1. The Morgan fingerprint density at radius 1 is 1.19 bits per heavy atom. The van der Waals surface area contributed by atoms with Gasteiger partial charge in [-0.2, -0.15) is 0 Å². The van der Waals surface area contributed by atoms with Crippen LogP contribution in [0.5, 0.6) is 0 Å². The van der Waals surface area contributed by atoms with Crippen LogP contribution < -0.4 is 10.6 Å². The summed E-state index contributed by atoms with van der Waals surface area (Å²) >= 11 is 1.71. The van der Waals surface area contributed by atoms with Gasteiger partial charge >= 0.3 is 0 Å². The third-order valence-corrected chi connectivity index (χ3v) is 5.65. The first-order chi connectivity index (χ1) is 12.3. The number of rotatable bonds is 8. The van der Waals surface area contributed by atoms with E-state index in [4.69, 9.17) is 9.72 Å². The highest BCUT2D eigenvalue weighted by atomic mass is 35.5. The number of nitrogens with one attached hydrogen (secondary N) is 2. The Labute approximate surface area is 176 Å². The zero-order valence-corrected chi connectivity index (χ0v) is 17.8. The normalized spacial score (nSPS) is 18.6. The van der Waals surface area contributed by atoms with E-state index >= 15 is 0 Å². The standard InChI is InChI=1S/C19H25N3O2S.2ClH/c1-24-13-12-20-10-11-21-18(23)14-6-2-3-7-15(14)19-22-16-8-4-5-9-17(16)25-19;;/h2-5,8-9,14-15,20H,6-7,10-13H2,1H3,(H,21,23);2*1H. The molecule has 1 aromatic heterocycles. The number of halogens is 2. The number of fused-ring (bicyclic) bond motifs is 1. The highest BCUT2D eigenvalue weighted by Crippen LogP contribution is 2.38. The van der Waals surface area contributed by atoms with Crippen LogP contribution in [0.4, 0.5) is 0 Å². The monoisotopic (exact) mass is 431 g/mol. The molecular weight excluding hydrogens is 405 g/mol. The highest BCUT2D eigenvalue weighted by Gasteiger charge is 2.32. The van der Waals surface area contributed by atoms with Crippen LogP contribution in [0.2, 0.25) is 0 Å². The zero-order chi connectivity index (χ0) is 17.5. The Morgan fingerprint density at radius 3 is 2.74 bits per heavy atom. The summed E-state index contributed by atoms with van der Waals surface area (Å²) in [5.41, 5.74) is 1.03. The minimum absolute atomic E-state index is 0. The Balaban J connectivity index is 0.00000182. The summed E-state index contributed by atoms with van der Waals surface area (Å²) in [4.78, 5) is 17.4. The molecule has 8 heteroatoms. The quantitative estimate of drug-likeness (QED) is 0.495. The number of ether oxygens (including phenoxy) is 1. The van der Waals surface area contributed by atoms with E-state index in [1.165, 1.54) is 4.70 Å². The van der Waals surface area contributed by atoms with Crippen molar-refractivity contribution in [1.82, 2.24) is 15.6 Å². The first-order valence-electron chi connectivity index (χ1n) is 8.77. The number of nitrogens with zero attached hydrogens (tertiary/aromatic N) is 1. The van der Waals surface area contributed by atoms with Crippen LogP contribution in [0.1, 0.15) is 23.8 Å². The number of hydrogen-bond acceptors (Lipinski definition) is 5. The second-order valence-corrected chi connectivity index (χ2v) is 7.27. The number of amides is 1. The summed E-state index contributed by atoms with van der Waals surface area (Å²) in [6.07, 6.45) is 5.95. The van der Waals surface area contributed by atoms with E-state index in [9.17, 15) is 4.79 Å². The number of benzene rings is 1. The molecule has 150 valence electrons. The SMILES string of the molecule is COCCNCCNC(=O)C1CC=CCC1c1nc2ccccc2s1.Cl.Cl.